The number of aliphatic hydroxyl groups excluding tert-OH is 1. The molecule has 39 heavy (non-hydrogen) atoms. The lowest BCUT2D eigenvalue weighted by molar-refractivity contribution is -0.143. The molecule has 2 rings (SSSR count). The number of aromatic amines is 1. The number of nitrogens with two attached hydrogens (primary N) is 1. The molecule has 9 N–H and O–H groups in total. The molecule has 0 spiro atoms. The normalized spacial score (nSPS) is 15.1. The van der Waals surface area contributed by atoms with E-state index in [9.17, 15) is 34.2 Å². The van der Waals surface area contributed by atoms with E-state index in [-0.39, 0.29) is 25.2 Å². The predicted molar refractivity (Wildman–Crippen MR) is 141 cm³/mol. The number of aliphatic hydroxyl groups is 1. The van der Waals surface area contributed by atoms with Gasteiger partial charge in [-0.1, -0.05) is 32.0 Å². The molecule has 0 fully saturated rings. The van der Waals surface area contributed by atoms with Crippen molar-refractivity contribution in [3.05, 3.63) is 36.0 Å². The van der Waals surface area contributed by atoms with E-state index in [0.717, 1.165) is 16.5 Å². The molecule has 0 aliphatic carbocycles. The highest BCUT2D eigenvalue weighted by Crippen LogP contribution is 2.19. The van der Waals surface area contributed by atoms with Gasteiger partial charge in [-0.25, -0.2) is 4.79 Å². The Bertz CT molecular complexity index is 1180. The van der Waals surface area contributed by atoms with Gasteiger partial charge in [0.15, 0.2) is 0 Å². The van der Waals surface area contributed by atoms with E-state index in [2.05, 4.69) is 20.9 Å². The van der Waals surface area contributed by atoms with Crippen molar-refractivity contribution in [2.24, 2.45) is 11.7 Å². The molecule has 5 unspecified atom stereocenters. The molecule has 13 nitrogen and oxygen atoms in total. The molecule has 5 atom stereocenters. The monoisotopic (exact) mass is 547 g/mol. The molecule has 0 bridgehead atoms. The second-order valence-electron chi connectivity index (χ2n) is 9.92. The van der Waals surface area contributed by atoms with Gasteiger partial charge in [0.25, 0.3) is 0 Å². The summed E-state index contributed by atoms with van der Waals surface area (Å²) in [5.41, 5.74) is 7.73. The molecule has 0 radical (unpaired) electrons. The highest BCUT2D eigenvalue weighted by Gasteiger charge is 2.33. The number of benzene rings is 1. The second kappa shape index (κ2) is 14.3. The maximum Gasteiger partial charge on any atom is 0.326 e. The van der Waals surface area contributed by atoms with Crippen LogP contribution in [0.4, 0.5) is 0 Å². The molecule has 0 aliphatic heterocycles. The van der Waals surface area contributed by atoms with Crippen LogP contribution in [0.25, 0.3) is 10.9 Å². The molecule has 0 aliphatic rings. The number of amides is 3. The van der Waals surface area contributed by atoms with Crippen molar-refractivity contribution in [3.8, 4) is 0 Å². The van der Waals surface area contributed by atoms with Crippen LogP contribution in [-0.2, 0) is 30.4 Å². The summed E-state index contributed by atoms with van der Waals surface area (Å²) in [5, 5.41) is 36.6. The van der Waals surface area contributed by atoms with Crippen molar-refractivity contribution in [1.82, 2.24) is 20.9 Å². The lowest BCUT2D eigenvalue weighted by atomic mass is 10.0. The van der Waals surface area contributed by atoms with Crippen molar-refractivity contribution in [1.29, 1.82) is 0 Å². The first kappa shape index (κ1) is 31.2. The standard InChI is InChI=1S/C26H37N5O8/c1-13(2)10-20(26(38)39)30-25(37)22(14(3)32)31-24(36)19(8-9-21(33)34)29-23(35)17(27)11-15-12-28-18-7-5-4-6-16(15)18/h4-7,12-14,17,19-20,22,28,32H,8-11,27H2,1-3H3,(H,29,35)(H,30,37)(H,31,36)(H,33,34)(H,38,39). The van der Waals surface area contributed by atoms with Crippen molar-refractivity contribution < 1.29 is 39.3 Å². The fourth-order valence-corrected chi connectivity index (χ4v) is 4.06. The predicted octanol–water partition coefficient (Wildman–Crippen LogP) is -0.132. The van der Waals surface area contributed by atoms with Crippen LogP contribution in [-0.4, -0.2) is 80.2 Å². The maximum atomic E-state index is 13.1. The number of carbonyl (C=O) groups excluding carboxylic acids is 3. The first-order valence-electron chi connectivity index (χ1n) is 12.6. The van der Waals surface area contributed by atoms with Crippen LogP contribution in [0.5, 0.6) is 0 Å². The van der Waals surface area contributed by atoms with Gasteiger partial charge < -0.3 is 42.0 Å². The number of aromatic nitrogens is 1. The molecular formula is C26H37N5O8. The molecule has 13 heteroatoms. The molecule has 1 aromatic carbocycles. The van der Waals surface area contributed by atoms with Gasteiger partial charge in [-0.3, -0.25) is 19.2 Å². The molecule has 3 amide bonds. The molecule has 0 saturated heterocycles. The van der Waals surface area contributed by atoms with Crippen molar-refractivity contribution in [2.45, 2.75) is 76.7 Å². The Morgan fingerprint density at radius 3 is 2.15 bits per heavy atom. The van der Waals surface area contributed by atoms with E-state index in [1.54, 1.807) is 20.0 Å². The summed E-state index contributed by atoms with van der Waals surface area (Å²) >= 11 is 0. The minimum atomic E-state index is -1.56. The number of nitrogens with one attached hydrogen (secondary N) is 4. The van der Waals surface area contributed by atoms with Gasteiger partial charge in [-0.05, 0) is 43.7 Å². The first-order chi connectivity index (χ1) is 18.3. The van der Waals surface area contributed by atoms with E-state index in [0.29, 0.717) is 0 Å². The minimum absolute atomic E-state index is 0.0601. The Morgan fingerprint density at radius 1 is 0.923 bits per heavy atom. The van der Waals surface area contributed by atoms with Gasteiger partial charge in [-0.15, -0.1) is 0 Å². The van der Waals surface area contributed by atoms with Crippen LogP contribution in [0.1, 0.15) is 45.6 Å². The first-order valence-corrected chi connectivity index (χ1v) is 12.6. The lowest BCUT2D eigenvalue weighted by Crippen LogP contribution is -2.60. The fraction of sp³-hybridized carbons (Fsp3) is 0.500. The SMILES string of the molecule is CC(C)CC(NC(=O)C(NC(=O)C(CCC(=O)O)NC(=O)C(N)Cc1c[nH]c2ccccc12)C(C)O)C(=O)O. The summed E-state index contributed by atoms with van der Waals surface area (Å²) in [4.78, 5) is 64.5. The van der Waals surface area contributed by atoms with E-state index in [1.807, 2.05) is 24.3 Å². The zero-order valence-electron chi connectivity index (χ0n) is 22.1. The average molecular weight is 548 g/mol. The van der Waals surface area contributed by atoms with Gasteiger partial charge in [0.1, 0.15) is 18.1 Å². The molecule has 0 saturated carbocycles. The van der Waals surface area contributed by atoms with Crippen molar-refractivity contribution >= 4 is 40.6 Å². The number of aliphatic carboxylic acids is 2. The zero-order valence-corrected chi connectivity index (χ0v) is 22.1. The summed E-state index contributed by atoms with van der Waals surface area (Å²) < 4.78 is 0. The number of rotatable bonds is 15. The van der Waals surface area contributed by atoms with E-state index >= 15 is 0 Å². The molecule has 1 aromatic heterocycles. The van der Waals surface area contributed by atoms with Gasteiger partial charge >= 0.3 is 11.9 Å². The highest BCUT2D eigenvalue weighted by molar-refractivity contribution is 5.95. The molecule has 1 heterocycles. The maximum absolute atomic E-state index is 13.1. The van der Waals surface area contributed by atoms with Crippen molar-refractivity contribution in [2.75, 3.05) is 0 Å². The van der Waals surface area contributed by atoms with Crippen molar-refractivity contribution in [3.63, 3.8) is 0 Å². The third-order valence-electron chi connectivity index (χ3n) is 6.12. The number of carboxylic acids is 2. The third-order valence-corrected chi connectivity index (χ3v) is 6.12. The van der Waals surface area contributed by atoms with Gasteiger partial charge in [-0.2, -0.15) is 0 Å². The third kappa shape index (κ3) is 9.37. The smallest absolute Gasteiger partial charge is 0.326 e. The van der Waals surface area contributed by atoms with E-state index in [1.165, 1.54) is 6.92 Å². The quantitative estimate of drug-likeness (QED) is 0.148. The Morgan fingerprint density at radius 2 is 1.56 bits per heavy atom. The number of carboxylic acid groups (broad SMARTS) is 2. The number of carbonyl (C=O) groups is 5. The Kier molecular flexibility index (Phi) is 11.4. The molecule has 2 aromatic rings. The summed E-state index contributed by atoms with van der Waals surface area (Å²) in [6.07, 6.45) is -0.241. The zero-order chi connectivity index (χ0) is 29.3. The topological polar surface area (TPSA) is 224 Å². The van der Waals surface area contributed by atoms with Crippen LogP contribution < -0.4 is 21.7 Å². The van der Waals surface area contributed by atoms with Crippen LogP contribution in [0.3, 0.4) is 0 Å². The largest absolute Gasteiger partial charge is 0.481 e. The Labute approximate surface area is 225 Å². The van der Waals surface area contributed by atoms with Gasteiger partial charge in [0.2, 0.25) is 17.7 Å². The minimum Gasteiger partial charge on any atom is -0.481 e. The van der Waals surface area contributed by atoms with Crippen LogP contribution in [0.2, 0.25) is 0 Å². The number of H-pyrrole nitrogens is 1. The van der Waals surface area contributed by atoms with Gasteiger partial charge in [0.05, 0.1) is 12.1 Å². The summed E-state index contributed by atoms with van der Waals surface area (Å²) in [6.45, 7) is 4.77. The number of fused-ring (bicyclic) bond motifs is 1. The fourth-order valence-electron chi connectivity index (χ4n) is 4.06. The second-order valence-corrected chi connectivity index (χ2v) is 9.92. The summed E-state index contributed by atoms with van der Waals surface area (Å²) in [6, 6.07) is 2.16. The van der Waals surface area contributed by atoms with E-state index in [4.69, 9.17) is 10.8 Å². The van der Waals surface area contributed by atoms with E-state index < -0.39 is 66.4 Å². The number of hydrogen-bond donors (Lipinski definition) is 8. The lowest BCUT2D eigenvalue weighted by Gasteiger charge is -2.26. The molecule has 214 valence electrons. The Hall–Kier alpha value is -3.97. The van der Waals surface area contributed by atoms with Crippen LogP contribution in [0, 0.1) is 5.92 Å². The Balaban J connectivity index is 2.13. The van der Waals surface area contributed by atoms with Gasteiger partial charge in [0, 0.05) is 23.5 Å². The highest BCUT2D eigenvalue weighted by atomic mass is 16.4. The van der Waals surface area contributed by atoms with Crippen LogP contribution in [0.15, 0.2) is 30.5 Å². The summed E-state index contributed by atoms with van der Waals surface area (Å²) in [5.74, 6) is -5.13. The number of para-hydroxylation sites is 1. The molecular weight excluding hydrogens is 510 g/mol. The number of hydrogen-bond acceptors (Lipinski definition) is 7. The van der Waals surface area contributed by atoms with Crippen LogP contribution >= 0.6 is 0 Å². The summed E-state index contributed by atoms with van der Waals surface area (Å²) in [7, 11) is 0. The average Bonchev–Trinajstić information content (AvgIpc) is 3.26.